The maximum atomic E-state index is 13.0. The average Bonchev–Trinajstić information content (AvgIpc) is 3.23. The highest BCUT2D eigenvalue weighted by molar-refractivity contribution is 6.04. The number of hydrogen-bond acceptors (Lipinski definition) is 6. The van der Waals surface area contributed by atoms with Gasteiger partial charge < -0.3 is 29.3 Å². The number of rotatable bonds is 3. The molecule has 0 aromatic heterocycles. The van der Waals surface area contributed by atoms with Gasteiger partial charge in [-0.3, -0.25) is 0 Å². The Kier molecular flexibility index (Phi) is 6.43. The van der Waals surface area contributed by atoms with Crippen molar-refractivity contribution in [1.29, 1.82) is 0 Å². The molecule has 35 heavy (non-hydrogen) atoms. The minimum atomic E-state index is -0.123. The van der Waals surface area contributed by atoms with Crippen molar-refractivity contribution in [2.75, 3.05) is 45.7 Å². The van der Waals surface area contributed by atoms with Crippen LogP contribution in [0.2, 0.25) is 0 Å². The summed E-state index contributed by atoms with van der Waals surface area (Å²) in [5.41, 5.74) is 2.38. The lowest BCUT2D eigenvalue weighted by Gasteiger charge is -2.25. The van der Waals surface area contributed by atoms with Crippen molar-refractivity contribution in [3.8, 4) is 23.0 Å². The summed E-state index contributed by atoms with van der Waals surface area (Å²) >= 11 is 0. The summed E-state index contributed by atoms with van der Waals surface area (Å²) < 4.78 is 16.9. The van der Waals surface area contributed by atoms with Gasteiger partial charge in [-0.25, -0.2) is 9.79 Å². The van der Waals surface area contributed by atoms with Crippen LogP contribution in [0.1, 0.15) is 12.0 Å². The van der Waals surface area contributed by atoms with Crippen molar-refractivity contribution in [2.24, 2.45) is 4.99 Å². The number of ether oxygens (including phenoxy) is 3. The second kappa shape index (κ2) is 9.97. The SMILES string of the molecule is COc1cccc(NC(=O)N2CCCN(C3=Nc4ccccc4Oc4cc(OC)ccc43)CC2)c1. The fourth-order valence-electron chi connectivity index (χ4n) is 4.30. The van der Waals surface area contributed by atoms with E-state index in [1.807, 2.05) is 71.6 Å². The predicted octanol–water partition coefficient (Wildman–Crippen LogP) is 5.13. The van der Waals surface area contributed by atoms with Gasteiger partial charge in [0.1, 0.15) is 28.8 Å². The van der Waals surface area contributed by atoms with E-state index < -0.39 is 0 Å². The number of methoxy groups -OCH3 is 2. The lowest BCUT2D eigenvalue weighted by atomic mass is 10.1. The zero-order valence-electron chi connectivity index (χ0n) is 19.9. The Labute approximate surface area is 204 Å². The van der Waals surface area contributed by atoms with Gasteiger partial charge in [-0.05, 0) is 42.8 Å². The van der Waals surface area contributed by atoms with E-state index in [2.05, 4.69) is 10.2 Å². The standard InChI is InChI=1S/C27H28N4O4/c1-33-20-8-5-7-19(17-20)28-27(32)31-14-6-13-30(15-16-31)26-22-12-11-21(34-2)18-25(22)35-24-10-4-3-9-23(24)29-26/h3-5,7-12,17-18H,6,13-16H2,1-2H3,(H,28,32). The molecule has 0 saturated carbocycles. The lowest BCUT2D eigenvalue weighted by molar-refractivity contribution is 0.214. The number of carbonyl (C=O) groups is 1. The minimum absolute atomic E-state index is 0.123. The third-order valence-electron chi connectivity index (χ3n) is 6.14. The van der Waals surface area contributed by atoms with Gasteiger partial charge in [0, 0.05) is 44.0 Å². The van der Waals surface area contributed by atoms with Crippen LogP contribution in [-0.4, -0.2) is 62.1 Å². The molecule has 3 aromatic carbocycles. The molecule has 0 spiro atoms. The number of hydrogen-bond donors (Lipinski definition) is 1. The Bertz CT molecular complexity index is 1260. The van der Waals surface area contributed by atoms with Crippen LogP contribution in [0.3, 0.4) is 0 Å². The van der Waals surface area contributed by atoms with Crippen molar-refractivity contribution < 1.29 is 19.0 Å². The second-order valence-electron chi connectivity index (χ2n) is 8.36. The zero-order chi connectivity index (χ0) is 24.2. The first-order chi connectivity index (χ1) is 17.1. The highest BCUT2D eigenvalue weighted by atomic mass is 16.5. The Hall–Kier alpha value is -4.20. The molecular formula is C27H28N4O4. The molecule has 0 bridgehead atoms. The molecule has 2 aliphatic rings. The van der Waals surface area contributed by atoms with Gasteiger partial charge in [-0.2, -0.15) is 0 Å². The normalized spacial score (nSPS) is 15.0. The first kappa shape index (κ1) is 22.6. The molecule has 2 amide bonds. The van der Waals surface area contributed by atoms with Crippen molar-refractivity contribution in [3.63, 3.8) is 0 Å². The molecule has 0 unspecified atom stereocenters. The Morgan fingerprint density at radius 3 is 2.57 bits per heavy atom. The van der Waals surface area contributed by atoms with E-state index in [1.54, 1.807) is 14.2 Å². The molecule has 0 atom stereocenters. The van der Waals surface area contributed by atoms with Gasteiger partial charge in [0.2, 0.25) is 0 Å². The number of nitrogens with zero attached hydrogens (tertiary/aromatic N) is 3. The molecule has 8 heteroatoms. The molecule has 2 heterocycles. The predicted molar refractivity (Wildman–Crippen MR) is 135 cm³/mol. The van der Waals surface area contributed by atoms with Crippen LogP contribution < -0.4 is 19.5 Å². The second-order valence-corrected chi connectivity index (χ2v) is 8.36. The number of para-hydroxylation sites is 2. The first-order valence-electron chi connectivity index (χ1n) is 11.6. The number of amides is 2. The number of fused-ring (bicyclic) bond motifs is 2. The molecule has 2 aliphatic heterocycles. The van der Waals surface area contributed by atoms with Crippen LogP contribution in [0.4, 0.5) is 16.2 Å². The Morgan fingerprint density at radius 1 is 0.886 bits per heavy atom. The summed E-state index contributed by atoms with van der Waals surface area (Å²) in [6, 6.07) is 20.8. The van der Waals surface area contributed by atoms with E-state index in [0.29, 0.717) is 42.6 Å². The number of urea groups is 1. The summed E-state index contributed by atoms with van der Waals surface area (Å²) in [6.45, 7) is 2.65. The fraction of sp³-hybridized carbons (Fsp3) is 0.259. The third kappa shape index (κ3) is 4.87. The van der Waals surface area contributed by atoms with Gasteiger partial charge in [0.25, 0.3) is 0 Å². The summed E-state index contributed by atoms with van der Waals surface area (Å²) in [6.07, 6.45) is 0.818. The van der Waals surface area contributed by atoms with Gasteiger partial charge in [0.05, 0.1) is 19.8 Å². The topological polar surface area (TPSA) is 75.6 Å². The maximum absolute atomic E-state index is 13.0. The van der Waals surface area contributed by atoms with Gasteiger partial charge >= 0.3 is 6.03 Å². The number of aliphatic imine (C=N–C) groups is 1. The van der Waals surface area contributed by atoms with Crippen molar-refractivity contribution in [1.82, 2.24) is 9.80 Å². The summed E-state index contributed by atoms with van der Waals surface area (Å²) in [7, 11) is 3.25. The van der Waals surface area contributed by atoms with Gasteiger partial charge in [-0.1, -0.05) is 18.2 Å². The minimum Gasteiger partial charge on any atom is -0.497 e. The smallest absolute Gasteiger partial charge is 0.321 e. The summed E-state index contributed by atoms with van der Waals surface area (Å²) in [5.74, 6) is 3.66. The molecule has 8 nitrogen and oxygen atoms in total. The highest BCUT2D eigenvalue weighted by Gasteiger charge is 2.26. The molecule has 3 aromatic rings. The molecule has 1 fully saturated rings. The summed E-state index contributed by atoms with van der Waals surface area (Å²) in [4.78, 5) is 22.1. The Balaban J connectivity index is 1.37. The van der Waals surface area contributed by atoms with Gasteiger partial charge in [-0.15, -0.1) is 0 Å². The monoisotopic (exact) mass is 472 g/mol. The van der Waals surface area contributed by atoms with E-state index in [0.717, 1.165) is 35.8 Å². The number of anilines is 1. The average molecular weight is 473 g/mol. The Morgan fingerprint density at radius 2 is 1.71 bits per heavy atom. The van der Waals surface area contributed by atoms with Crippen molar-refractivity contribution in [2.45, 2.75) is 6.42 Å². The van der Waals surface area contributed by atoms with Crippen molar-refractivity contribution >= 4 is 23.2 Å². The third-order valence-corrected chi connectivity index (χ3v) is 6.14. The molecule has 180 valence electrons. The first-order valence-corrected chi connectivity index (χ1v) is 11.6. The molecule has 0 aliphatic carbocycles. The van der Waals surface area contributed by atoms with Crippen LogP contribution in [-0.2, 0) is 0 Å². The highest BCUT2D eigenvalue weighted by Crippen LogP contribution is 2.39. The molecule has 0 radical (unpaired) electrons. The van der Waals surface area contributed by atoms with Crippen LogP contribution in [0.5, 0.6) is 23.0 Å². The number of nitrogens with one attached hydrogen (secondary N) is 1. The molecule has 1 N–H and O–H groups in total. The van der Waals surface area contributed by atoms with Crippen LogP contribution in [0, 0.1) is 0 Å². The molecule has 1 saturated heterocycles. The molecular weight excluding hydrogens is 444 g/mol. The van der Waals surface area contributed by atoms with E-state index in [4.69, 9.17) is 19.2 Å². The van der Waals surface area contributed by atoms with E-state index in [1.165, 1.54) is 0 Å². The quantitative estimate of drug-likeness (QED) is 0.572. The van der Waals surface area contributed by atoms with Crippen molar-refractivity contribution in [3.05, 3.63) is 72.3 Å². The molecule has 5 rings (SSSR count). The van der Waals surface area contributed by atoms with E-state index in [9.17, 15) is 4.79 Å². The number of carbonyl (C=O) groups excluding carboxylic acids is 1. The fourth-order valence-corrected chi connectivity index (χ4v) is 4.30. The van der Waals surface area contributed by atoms with E-state index in [-0.39, 0.29) is 6.03 Å². The largest absolute Gasteiger partial charge is 0.497 e. The van der Waals surface area contributed by atoms with Crippen LogP contribution in [0.25, 0.3) is 0 Å². The lowest BCUT2D eigenvalue weighted by Crippen LogP contribution is -2.39. The number of amidine groups is 1. The summed E-state index contributed by atoms with van der Waals surface area (Å²) in [5, 5.41) is 2.98. The van der Waals surface area contributed by atoms with E-state index >= 15 is 0 Å². The number of benzene rings is 3. The maximum Gasteiger partial charge on any atom is 0.321 e. The van der Waals surface area contributed by atoms with Crippen LogP contribution >= 0.6 is 0 Å². The van der Waals surface area contributed by atoms with Crippen LogP contribution in [0.15, 0.2) is 71.7 Å². The van der Waals surface area contributed by atoms with Gasteiger partial charge in [0.15, 0.2) is 5.75 Å². The zero-order valence-corrected chi connectivity index (χ0v) is 19.9.